The van der Waals surface area contributed by atoms with Gasteiger partial charge in [-0.1, -0.05) is 65.7 Å². The molecule has 1 heterocycles. The van der Waals surface area contributed by atoms with E-state index in [9.17, 15) is 8.42 Å². The minimum atomic E-state index is -3.59. The van der Waals surface area contributed by atoms with Crippen molar-refractivity contribution in [2.24, 2.45) is 0 Å². The molecule has 0 saturated carbocycles. The van der Waals surface area contributed by atoms with Crippen LogP contribution in [0.2, 0.25) is 10.0 Å². The predicted octanol–water partition coefficient (Wildman–Crippen LogP) is 6.90. The standard InChI is InChI=1S/C31H30Cl2N2O4S/c32-26-10-6-24(7-11-26)31(25-8-12-27(33)13-9-25)38-23-22-34-18-20-35(21-19-34)40(36,37)30-16-14-29(15-17-30)39-28-4-2-1-3-5-28/h1-17,31H,18-23H2. The topological polar surface area (TPSA) is 59.1 Å². The van der Waals surface area contributed by atoms with Gasteiger partial charge in [0.05, 0.1) is 11.5 Å². The summed E-state index contributed by atoms with van der Waals surface area (Å²) in [5.74, 6) is 1.29. The molecule has 0 unspecified atom stereocenters. The van der Waals surface area contributed by atoms with E-state index in [2.05, 4.69) is 4.90 Å². The van der Waals surface area contributed by atoms with Gasteiger partial charge in [0.2, 0.25) is 10.0 Å². The average Bonchev–Trinajstić information content (AvgIpc) is 2.98. The zero-order valence-corrected chi connectivity index (χ0v) is 24.2. The molecule has 5 rings (SSSR count). The normalized spacial score (nSPS) is 14.9. The van der Waals surface area contributed by atoms with E-state index in [0.717, 1.165) is 11.1 Å². The van der Waals surface area contributed by atoms with E-state index < -0.39 is 10.0 Å². The van der Waals surface area contributed by atoms with Crippen molar-refractivity contribution in [2.75, 3.05) is 39.3 Å². The Bertz CT molecular complexity index is 1430. The van der Waals surface area contributed by atoms with Gasteiger partial charge in [0, 0.05) is 42.8 Å². The maximum Gasteiger partial charge on any atom is 0.243 e. The quantitative estimate of drug-likeness (QED) is 0.199. The van der Waals surface area contributed by atoms with E-state index in [1.165, 1.54) is 0 Å². The number of sulfonamides is 1. The van der Waals surface area contributed by atoms with Crippen molar-refractivity contribution in [3.05, 3.63) is 124 Å². The summed E-state index contributed by atoms with van der Waals surface area (Å²) in [6.45, 7) is 3.28. The minimum Gasteiger partial charge on any atom is -0.457 e. The number of halogens is 2. The second kappa shape index (κ2) is 13.2. The van der Waals surface area contributed by atoms with Gasteiger partial charge in [-0.3, -0.25) is 4.90 Å². The molecule has 0 spiro atoms. The van der Waals surface area contributed by atoms with E-state index in [4.69, 9.17) is 32.7 Å². The van der Waals surface area contributed by atoms with Crippen molar-refractivity contribution in [1.82, 2.24) is 9.21 Å². The number of piperazine rings is 1. The summed E-state index contributed by atoms with van der Waals surface area (Å²) in [7, 11) is -3.59. The summed E-state index contributed by atoms with van der Waals surface area (Å²) in [4.78, 5) is 2.49. The fraction of sp³-hybridized carbons (Fsp3) is 0.226. The van der Waals surface area contributed by atoms with Crippen LogP contribution in [0, 0.1) is 0 Å². The molecule has 0 N–H and O–H groups in total. The first kappa shape index (κ1) is 28.6. The van der Waals surface area contributed by atoms with Gasteiger partial charge in [-0.25, -0.2) is 8.42 Å². The summed E-state index contributed by atoms with van der Waals surface area (Å²) in [5, 5.41) is 1.34. The molecule has 40 heavy (non-hydrogen) atoms. The van der Waals surface area contributed by atoms with E-state index in [0.29, 0.717) is 60.9 Å². The van der Waals surface area contributed by atoms with Crippen LogP contribution in [0.15, 0.2) is 108 Å². The van der Waals surface area contributed by atoms with Crippen molar-refractivity contribution in [2.45, 2.75) is 11.0 Å². The zero-order chi connectivity index (χ0) is 28.0. The van der Waals surface area contributed by atoms with Gasteiger partial charge in [0.1, 0.15) is 17.6 Å². The maximum absolute atomic E-state index is 13.3. The van der Waals surface area contributed by atoms with Crippen LogP contribution in [0.5, 0.6) is 11.5 Å². The molecule has 9 heteroatoms. The first-order valence-corrected chi connectivity index (χ1v) is 15.3. The highest BCUT2D eigenvalue weighted by Gasteiger charge is 2.28. The van der Waals surface area contributed by atoms with Gasteiger partial charge in [-0.15, -0.1) is 0 Å². The second-order valence-electron chi connectivity index (χ2n) is 9.49. The lowest BCUT2D eigenvalue weighted by molar-refractivity contribution is 0.0527. The molecule has 0 atom stereocenters. The lowest BCUT2D eigenvalue weighted by Gasteiger charge is -2.34. The van der Waals surface area contributed by atoms with E-state index in [-0.39, 0.29) is 11.0 Å². The smallest absolute Gasteiger partial charge is 0.243 e. The lowest BCUT2D eigenvalue weighted by Crippen LogP contribution is -2.49. The number of hydrogen-bond acceptors (Lipinski definition) is 5. The van der Waals surface area contributed by atoms with Crippen molar-refractivity contribution in [1.29, 1.82) is 0 Å². The zero-order valence-electron chi connectivity index (χ0n) is 21.8. The largest absolute Gasteiger partial charge is 0.457 e. The highest BCUT2D eigenvalue weighted by molar-refractivity contribution is 7.89. The molecule has 4 aromatic rings. The van der Waals surface area contributed by atoms with Crippen LogP contribution in [0.25, 0.3) is 0 Å². The molecule has 1 aliphatic rings. The summed E-state index contributed by atoms with van der Waals surface area (Å²) in [5.41, 5.74) is 2.01. The second-order valence-corrected chi connectivity index (χ2v) is 12.3. The third-order valence-electron chi connectivity index (χ3n) is 6.81. The molecular weight excluding hydrogens is 567 g/mol. The summed E-state index contributed by atoms with van der Waals surface area (Å²) in [6.07, 6.45) is -0.259. The molecular formula is C31H30Cl2N2O4S. The van der Waals surface area contributed by atoms with Crippen molar-refractivity contribution < 1.29 is 17.9 Å². The Morgan fingerprint density at radius 3 is 1.75 bits per heavy atom. The minimum absolute atomic E-state index is 0.259. The van der Waals surface area contributed by atoms with E-state index in [1.807, 2.05) is 78.9 Å². The third-order valence-corrected chi connectivity index (χ3v) is 9.23. The van der Waals surface area contributed by atoms with Gasteiger partial charge in [-0.05, 0) is 71.8 Å². The first-order chi connectivity index (χ1) is 19.4. The van der Waals surface area contributed by atoms with E-state index in [1.54, 1.807) is 28.6 Å². The number of benzene rings is 4. The monoisotopic (exact) mass is 596 g/mol. The van der Waals surface area contributed by atoms with Crippen LogP contribution in [-0.2, 0) is 14.8 Å². The Kier molecular flexibility index (Phi) is 9.42. The molecule has 1 saturated heterocycles. The molecule has 0 radical (unpaired) electrons. The molecule has 1 fully saturated rings. The Labute approximate surface area is 245 Å². The number of nitrogens with zero attached hydrogens (tertiary/aromatic N) is 2. The Balaban J connectivity index is 1.14. The van der Waals surface area contributed by atoms with Gasteiger partial charge in [0.25, 0.3) is 0 Å². The van der Waals surface area contributed by atoms with Crippen molar-refractivity contribution in [3.63, 3.8) is 0 Å². The SMILES string of the molecule is O=S(=O)(c1ccc(Oc2ccccc2)cc1)N1CCN(CCOC(c2ccc(Cl)cc2)c2ccc(Cl)cc2)CC1. The van der Waals surface area contributed by atoms with Gasteiger partial charge in [0.15, 0.2) is 0 Å². The Hall–Kier alpha value is -2.91. The molecule has 0 bridgehead atoms. The Morgan fingerprint density at radius 1 is 0.675 bits per heavy atom. The van der Waals surface area contributed by atoms with Crippen LogP contribution < -0.4 is 4.74 Å². The van der Waals surface area contributed by atoms with Crippen molar-refractivity contribution in [3.8, 4) is 11.5 Å². The number of hydrogen-bond donors (Lipinski definition) is 0. The third kappa shape index (κ3) is 7.23. The summed E-state index contributed by atoms with van der Waals surface area (Å²) >= 11 is 12.2. The molecule has 0 aromatic heterocycles. The highest BCUT2D eigenvalue weighted by Crippen LogP contribution is 2.29. The van der Waals surface area contributed by atoms with Crippen molar-refractivity contribution >= 4 is 33.2 Å². The number of rotatable bonds is 10. The fourth-order valence-corrected chi connectivity index (χ4v) is 6.28. The maximum atomic E-state index is 13.3. The summed E-state index contributed by atoms with van der Waals surface area (Å²) < 4.78 is 40.2. The highest BCUT2D eigenvalue weighted by atomic mass is 35.5. The van der Waals surface area contributed by atoms with Gasteiger partial charge >= 0.3 is 0 Å². The van der Waals surface area contributed by atoms with E-state index >= 15 is 0 Å². The molecule has 0 aliphatic carbocycles. The van der Waals surface area contributed by atoms with Crippen LogP contribution in [-0.4, -0.2) is 57.0 Å². The molecule has 208 valence electrons. The molecule has 6 nitrogen and oxygen atoms in total. The molecule has 1 aliphatic heterocycles. The number of para-hydroxylation sites is 1. The summed E-state index contributed by atoms with van der Waals surface area (Å²) in [6, 6.07) is 31.2. The van der Waals surface area contributed by atoms with Crippen LogP contribution in [0.4, 0.5) is 0 Å². The predicted molar refractivity (Wildman–Crippen MR) is 159 cm³/mol. The fourth-order valence-electron chi connectivity index (χ4n) is 4.61. The van der Waals surface area contributed by atoms with Gasteiger partial charge < -0.3 is 9.47 Å². The first-order valence-electron chi connectivity index (χ1n) is 13.1. The van der Waals surface area contributed by atoms with Gasteiger partial charge in [-0.2, -0.15) is 4.31 Å². The van der Waals surface area contributed by atoms with Crippen LogP contribution in [0.3, 0.4) is 0 Å². The molecule has 4 aromatic carbocycles. The Morgan fingerprint density at radius 2 is 1.20 bits per heavy atom. The number of ether oxygens (including phenoxy) is 2. The van der Waals surface area contributed by atoms with Crippen LogP contribution >= 0.6 is 23.2 Å². The lowest BCUT2D eigenvalue weighted by atomic mass is 10.0. The van der Waals surface area contributed by atoms with Crippen LogP contribution in [0.1, 0.15) is 17.2 Å². The average molecular weight is 598 g/mol. The molecule has 0 amide bonds.